The second kappa shape index (κ2) is 7.47. The van der Waals surface area contributed by atoms with Crippen molar-refractivity contribution in [3.63, 3.8) is 0 Å². The number of thiazole rings is 1. The highest BCUT2D eigenvalue weighted by Crippen LogP contribution is 2.31. The lowest BCUT2D eigenvalue weighted by Crippen LogP contribution is -2.26. The van der Waals surface area contributed by atoms with Gasteiger partial charge in [-0.25, -0.2) is 4.98 Å². The zero-order valence-corrected chi connectivity index (χ0v) is 13.9. The summed E-state index contributed by atoms with van der Waals surface area (Å²) in [5.41, 5.74) is -0.331. The van der Waals surface area contributed by atoms with E-state index in [1.165, 1.54) is 12.1 Å². The van der Waals surface area contributed by atoms with Crippen molar-refractivity contribution >= 4 is 28.8 Å². The van der Waals surface area contributed by atoms with Gasteiger partial charge < -0.3 is 10.6 Å². The van der Waals surface area contributed by atoms with E-state index >= 15 is 0 Å². The van der Waals surface area contributed by atoms with Gasteiger partial charge in [0.05, 0.1) is 6.04 Å². The van der Waals surface area contributed by atoms with Gasteiger partial charge in [0.25, 0.3) is 5.91 Å². The molecule has 0 aliphatic heterocycles. The number of aromatic nitrogens is 1. The monoisotopic (exact) mass is 369 g/mol. The molecule has 2 aromatic rings. The normalized spacial score (nSPS) is 12.3. The topological polar surface area (TPSA) is 71.1 Å². The molecule has 1 heterocycles. The van der Waals surface area contributed by atoms with Crippen LogP contribution < -0.4 is 10.6 Å². The maximum absolute atomic E-state index is 12.6. The Kier molecular flexibility index (Phi) is 5.58. The molecule has 2 N–H and O–H groups in total. The van der Waals surface area contributed by atoms with Gasteiger partial charge in [-0.3, -0.25) is 9.59 Å². The van der Waals surface area contributed by atoms with Gasteiger partial charge in [0.1, 0.15) is 5.01 Å². The van der Waals surface area contributed by atoms with Gasteiger partial charge in [0, 0.05) is 16.6 Å². The molecule has 0 unspecified atom stereocenters. The lowest BCUT2D eigenvalue weighted by Gasteiger charge is -2.12. The van der Waals surface area contributed by atoms with Crippen LogP contribution in [-0.4, -0.2) is 16.8 Å². The number of carbonyl (C=O) groups is 2. The summed E-state index contributed by atoms with van der Waals surface area (Å²) in [7, 11) is 0. The van der Waals surface area contributed by atoms with Gasteiger partial charge in [-0.05, 0) is 31.2 Å². The van der Waals surface area contributed by atoms with Crippen molar-refractivity contribution in [1.82, 2.24) is 10.3 Å². The molecule has 0 aliphatic rings. The summed E-state index contributed by atoms with van der Waals surface area (Å²) in [4.78, 5) is 27.0. The smallest absolute Gasteiger partial charge is 0.343 e. The highest BCUT2D eigenvalue weighted by atomic mass is 32.1. The van der Waals surface area contributed by atoms with E-state index < -0.39 is 29.7 Å². The summed E-state index contributed by atoms with van der Waals surface area (Å²) in [6, 6.07) is 5.45. The van der Waals surface area contributed by atoms with E-state index in [4.69, 9.17) is 0 Å². The molecule has 25 heavy (non-hydrogen) atoms. The van der Waals surface area contributed by atoms with Crippen molar-refractivity contribution in [3.05, 3.63) is 58.6 Å². The molecule has 0 radical (unpaired) electrons. The number of amides is 2. The summed E-state index contributed by atoms with van der Waals surface area (Å²) >= 11 is 0.822. The molecule has 9 heteroatoms. The Hall–Kier alpha value is -2.68. The van der Waals surface area contributed by atoms with Crippen LogP contribution in [0, 0.1) is 0 Å². The van der Waals surface area contributed by atoms with Crippen LogP contribution in [0.3, 0.4) is 0 Å². The predicted octanol–water partition coefficient (Wildman–Crippen LogP) is 3.78. The summed E-state index contributed by atoms with van der Waals surface area (Å²) < 4.78 is 37.8. The molecular formula is C16H14F3N3O2S. The zero-order valence-electron chi connectivity index (χ0n) is 13.1. The van der Waals surface area contributed by atoms with Gasteiger partial charge >= 0.3 is 6.18 Å². The Morgan fingerprint density at radius 1 is 1.36 bits per heavy atom. The molecular weight excluding hydrogens is 355 g/mol. The SMILES string of the molecule is C=CC(=O)Nc1cccc(C(=O)N[C@@H](C)c2nc(C(F)(F)F)cs2)c1. The fourth-order valence-corrected chi connectivity index (χ4v) is 2.72. The molecule has 0 fully saturated rings. The fourth-order valence-electron chi connectivity index (χ4n) is 1.89. The second-order valence-corrected chi connectivity index (χ2v) is 5.93. The minimum absolute atomic E-state index is 0.150. The molecule has 0 saturated heterocycles. The third kappa shape index (κ3) is 4.90. The maximum Gasteiger partial charge on any atom is 0.434 e. The number of hydrogen-bond acceptors (Lipinski definition) is 4. The van der Waals surface area contributed by atoms with Crippen molar-refractivity contribution < 1.29 is 22.8 Å². The van der Waals surface area contributed by atoms with E-state index in [-0.39, 0.29) is 10.6 Å². The minimum Gasteiger partial charge on any atom is -0.343 e. The number of benzene rings is 1. The fraction of sp³-hybridized carbons (Fsp3) is 0.188. The van der Waals surface area contributed by atoms with Gasteiger partial charge in [-0.1, -0.05) is 12.6 Å². The Morgan fingerprint density at radius 2 is 2.08 bits per heavy atom. The van der Waals surface area contributed by atoms with Crippen molar-refractivity contribution in [2.75, 3.05) is 5.32 Å². The number of alkyl halides is 3. The third-order valence-electron chi connectivity index (χ3n) is 3.11. The number of halogens is 3. The first kappa shape index (κ1) is 18.7. The predicted molar refractivity (Wildman–Crippen MR) is 88.3 cm³/mol. The van der Waals surface area contributed by atoms with Crippen molar-refractivity contribution in [2.24, 2.45) is 0 Å². The number of nitrogens with one attached hydrogen (secondary N) is 2. The molecule has 2 amide bonds. The lowest BCUT2D eigenvalue weighted by atomic mass is 10.1. The first-order valence-corrected chi connectivity index (χ1v) is 7.95. The second-order valence-electron chi connectivity index (χ2n) is 5.04. The number of carbonyl (C=O) groups excluding carboxylic acids is 2. The molecule has 132 valence electrons. The third-order valence-corrected chi connectivity index (χ3v) is 4.14. The number of nitrogens with zero attached hydrogens (tertiary/aromatic N) is 1. The van der Waals surface area contributed by atoms with Crippen LogP contribution in [0.15, 0.2) is 42.3 Å². The Labute approximate surface area is 145 Å². The minimum atomic E-state index is -4.52. The largest absolute Gasteiger partial charge is 0.434 e. The van der Waals surface area contributed by atoms with E-state index in [2.05, 4.69) is 22.2 Å². The molecule has 0 spiro atoms. The highest BCUT2D eigenvalue weighted by Gasteiger charge is 2.34. The Bertz CT molecular complexity index is 802. The zero-order chi connectivity index (χ0) is 18.6. The van der Waals surface area contributed by atoms with Gasteiger partial charge in [-0.2, -0.15) is 13.2 Å². The number of hydrogen-bond donors (Lipinski definition) is 2. The molecule has 2 rings (SSSR count). The van der Waals surface area contributed by atoms with E-state index in [0.717, 1.165) is 22.8 Å². The van der Waals surface area contributed by atoms with Gasteiger partial charge in [0.15, 0.2) is 5.69 Å². The molecule has 0 aliphatic carbocycles. The average Bonchev–Trinajstić information content (AvgIpc) is 3.05. The van der Waals surface area contributed by atoms with Crippen LogP contribution in [0.25, 0.3) is 0 Å². The van der Waals surface area contributed by atoms with Crippen LogP contribution in [0.5, 0.6) is 0 Å². The molecule has 5 nitrogen and oxygen atoms in total. The van der Waals surface area contributed by atoms with Crippen LogP contribution in [-0.2, 0) is 11.0 Å². The Morgan fingerprint density at radius 3 is 2.68 bits per heavy atom. The van der Waals surface area contributed by atoms with Crippen molar-refractivity contribution in [3.8, 4) is 0 Å². The van der Waals surface area contributed by atoms with Crippen LogP contribution in [0.1, 0.15) is 34.0 Å². The Balaban J connectivity index is 2.08. The van der Waals surface area contributed by atoms with E-state index in [1.54, 1.807) is 19.1 Å². The molecule has 0 bridgehead atoms. The standard InChI is InChI=1S/C16H14F3N3O2S/c1-3-13(23)21-11-6-4-5-10(7-11)14(24)20-9(2)15-22-12(8-25-15)16(17,18)19/h3-9H,1H2,2H3,(H,20,24)(H,21,23)/t9-/m0/s1. The first-order chi connectivity index (χ1) is 11.7. The van der Waals surface area contributed by atoms with Gasteiger partial charge in [0.2, 0.25) is 5.91 Å². The van der Waals surface area contributed by atoms with Crippen LogP contribution in [0.2, 0.25) is 0 Å². The highest BCUT2D eigenvalue weighted by molar-refractivity contribution is 7.09. The van der Waals surface area contributed by atoms with Crippen molar-refractivity contribution in [1.29, 1.82) is 0 Å². The van der Waals surface area contributed by atoms with Crippen LogP contribution in [0.4, 0.5) is 18.9 Å². The molecule has 1 aromatic heterocycles. The average molecular weight is 369 g/mol. The lowest BCUT2D eigenvalue weighted by molar-refractivity contribution is -0.140. The summed E-state index contributed by atoms with van der Waals surface area (Å²) in [5.74, 6) is -0.917. The van der Waals surface area contributed by atoms with Crippen LogP contribution >= 0.6 is 11.3 Å². The quantitative estimate of drug-likeness (QED) is 0.788. The van der Waals surface area contributed by atoms with E-state index in [9.17, 15) is 22.8 Å². The first-order valence-electron chi connectivity index (χ1n) is 7.07. The summed E-state index contributed by atoms with van der Waals surface area (Å²) in [6.45, 7) is 4.87. The molecule has 1 aromatic carbocycles. The van der Waals surface area contributed by atoms with Crippen molar-refractivity contribution in [2.45, 2.75) is 19.1 Å². The number of rotatable bonds is 5. The van der Waals surface area contributed by atoms with E-state index in [0.29, 0.717) is 5.69 Å². The molecule has 0 saturated carbocycles. The van der Waals surface area contributed by atoms with Gasteiger partial charge in [-0.15, -0.1) is 11.3 Å². The summed E-state index contributed by atoms with van der Waals surface area (Å²) in [6.07, 6.45) is -3.42. The maximum atomic E-state index is 12.6. The molecule has 1 atom stereocenters. The number of anilines is 1. The van der Waals surface area contributed by atoms with E-state index in [1.807, 2.05) is 0 Å². The summed E-state index contributed by atoms with van der Waals surface area (Å²) in [5, 5.41) is 6.16.